The lowest BCUT2D eigenvalue weighted by atomic mass is 10.2. The first-order chi connectivity index (χ1) is 11.1. The standard InChI is InChI=1S/C17H13ClN2OS2/c18-14-12-8-4-5-9-13(12)23-15(14)16(21)20-17(22)19-10-11-6-2-1-3-7-11/h1-9H,10H2,(H2,19,20,21,22). The molecule has 116 valence electrons. The predicted molar refractivity (Wildman–Crippen MR) is 100 cm³/mol. The van der Waals surface area contributed by atoms with Crippen LogP contribution >= 0.6 is 35.2 Å². The van der Waals surface area contributed by atoms with Crippen LogP contribution < -0.4 is 10.6 Å². The van der Waals surface area contributed by atoms with Crippen molar-refractivity contribution in [1.82, 2.24) is 10.6 Å². The summed E-state index contributed by atoms with van der Waals surface area (Å²) in [4.78, 5) is 12.8. The van der Waals surface area contributed by atoms with Crippen LogP contribution in [0.4, 0.5) is 0 Å². The monoisotopic (exact) mass is 360 g/mol. The molecule has 0 atom stereocenters. The minimum absolute atomic E-state index is 0.285. The number of hydrogen-bond acceptors (Lipinski definition) is 3. The van der Waals surface area contributed by atoms with Gasteiger partial charge in [-0.05, 0) is 23.8 Å². The molecule has 1 heterocycles. The van der Waals surface area contributed by atoms with Crippen molar-refractivity contribution in [2.45, 2.75) is 6.54 Å². The number of benzene rings is 2. The second kappa shape index (κ2) is 7.08. The maximum atomic E-state index is 12.3. The van der Waals surface area contributed by atoms with E-state index >= 15 is 0 Å². The number of carbonyl (C=O) groups is 1. The maximum absolute atomic E-state index is 12.3. The minimum atomic E-state index is -0.290. The summed E-state index contributed by atoms with van der Waals surface area (Å²) >= 11 is 12.8. The van der Waals surface area contributed by atoms with Gasteiger partial charge < -0.3 is 5.32 Å². The smallest absolute Gasteiger partial charge is 0.269 e. The molecule has 0 radical (unpaired) electrons. The fraction of sp³-hybridized carbons (Fsp3) is 0.0588. The van der Waals surface area contributed by atoms with Crippen molar-refractivity contribution < 1.29 is 4.79 Å². The van der Waals surface area contributed by atoms with Crippen LogP contribution in [0, 0.1) is 0 Å². The van der Waals surface area contributed by atoms with E-state index in [-0.39, 0.29) is 11.0 Å². The molecule has 0 aliphatic heterocycles. The van der Waals surface area contributed by atoms with E-state index in [1.165, 1.54) is 11.3 Å². The number of carbonyl (C=O) groups excluding carboxylic acids is 1. The van der Waals surface area contributed by atoms with Gasteiger partial charge >= 0.3 is 0 Å². The van der Waals surface area contributed by atoms with Crippen molar-refractivity contribution in [2.75, 3.05) is 0 Å². The average Bonchev–Trinajstić information content (AvgIpc) is 2.91. The molecule has 1 amide bonds. The fourth-order valence-corrected chi connectivity index (χ4v) is 3.72. The first kappa shape index (κ1) is 15.9. The third-order valence-electron chi connectivity index (χ3n) is 3.26. The summed E-state index contributed by atoms with van der Waals surface area (Å²) in [5.41, 5.74) is 1.09. The average molecular weight is 361 g/mol. The van der Waals surface area contributed by atoms with Crippen LogP contribution in [0.2, 0.25) is 5.02 Å². The molecule has 23 heavy (non-hydrogen) atoms. The van der Waals surface area contributed by atoms with E-state index in [4.69, 9.17) is 23.8 Å². The van der Waals surface area contributed by atoms with Crippen molar-refractivity contribution in [3.63, 3.8) is 0 Å². The first-order valence-corrected chi connectivity index (χ1v) is 8.55. The molecule has 0 aliphatic rings. The molecule has 3 aromatic rings. The van der Waals surface area contributed by atoms with Crippen LogP contribution in [0.25, 0.3) is 10.1 Å². The van der Waals surface area contributed by atoms with Crippen molar-refractivity contribution >= 4 is 56.3 Å². The van der Waals surface area contributed by atoms with E-state index < -0.39 is 0 Å². The van der Waals surface area contributed by atoms with E-state index in [1.807, 2.05) is 54.6 Å². The van der Waals surface area contributed by atoms with E-state index in [0.717, 1.165) is 15.6 Å². The van der Waals surface area contributed by atoms with Crippen LogP contribution in [0.3, 0.4) is 0 Å². The Morgan fingerprint density at radius 1 is 1.09 bits per heavy atom. The lowest BCUT2D eigenvalue weighted by Crippen LogP contribution is -2.38. The number of amides is 1. The van der Waals surface area contributed by atoms with Crippen molar-refractivity contribution in [3.8, 4) is 0 Å². The normalized spacial score (nSPS) is 10.5. The van der Waals surface area contributed by atoms with Gasteiger partial charge in [0, 0.05) is 16.6 Å². The van der Waals surface area contributed by atoms with Crippen LogP contribution in [-0.2, 0) is 6.54 Å². The third-order valence-corrected chi connectivity index (χ3v) is 5.18. The van der Waals surface area contributed by atoms with Gasteiger partial charge in [-0.3, -0.25) is 10.1 Å². The highest BCUT2D eigenvalue weighted by Gasteiger charge is 2.17. The summed E-state index contributed by atoms with van der Waals surface area (Å²) in [6.45, 7) is 0.556. The predicted octanol–water partition coefficient (Wildman–Crippen LogP) is 4.36. The van der Waals surface area contributed by atoms with Crippen LogP contribution in [0.5, 0.6) is 0 Å². The molecule has 0 aliphatic carbocycles. The molecule has 0 spiro atoms. The van der Waals surface area contributed by atoms with Gasteiger partial charge in [0.15, 0.2) is 5.11 Å². The summed E-state index contributed by atoms with van der Waals surface area (Å²) < 4.78 is 0.978. The fourth-order valence-electron chi connectivity index (χ4n) is 2.14. The Morgan fingerprint density at radius 3 is 2.52 bits per heavy atom. The van der Waals surface area contributed by atoms with Gasteiger partial charge in [0.2, 0.25) is 0 Å². The molecule has 0 fully saturated rings. The number of nitrogens with one attached hydrogen (secondary N) is 2. The largest absolute Gasteiger partial charge is 0.358 e. The van der Waals surface area contributed by atoms with Crippen molar-refractivity contribution in [3.05, 3.63) is 70.1 Å². The third kappa shape index (κ3) is 3.69. The van der Waals surface area contributed by atoms with Gasteiger partial charge in [-0.1, -0.05) is 60.1 Å². The first-order valence-electron chi connectivity index (χ1n) is 6.95. The zero-order chi connectivity index (χ0) is 16.2. The van der Waals surface area contributed by atoms with Gasteiger partial charge in [0.1, 0.15) is 4.88 Å². The molecule has 3 nitrogen and oxygen atoms in total. The Bertz CT molecular complexity index is 861. The summed E-state index contributed by atoms with van der Waals surface area (Å²) in [6, 6.07) is 17.5. The number of thiophene rings is 1. The molecule has 2 N–H and O–H groups in total. The number of rotatable bonds is 3. The zero-order valence-electron chi connectivity index (χ0n) is 12.0. The summed E-state index contributed by atoms with van der Waals surface area (Å²) in [6.07, 6.45) is 0. The summed E-state index contributed by atoms with van der Waals surface area (Å²) in [5, 5.41) is 7.32. The summed E-state index contributed by atoms with van der Waals surface area (Å²) in [5.74, 6) is -0.290. The molecule has 0 saturated heterocycles. The number of fused-ring (bicyclic) bond motifs is 1. The van der Waals surface area contributed by atoms with Gasteiger partial charge in [0.25, 0.3) is 5.91 Å². The highest BCUT2D eigenvalue weighted by Crippen LogP contribution is 2.34. The number of thiocarbonyl (C=S) groups is 1. The topological polar surface area (TPSA) is 41.1 Å². The van der Waals surface area contributed by atoms with Gasteiger partial charge in [-0.25, -0.2) is 0 Å². The van der Waals surface area contributed by atoms with E-state index in [1.54, 1.807) is 0 Å². The molecular formula is C17H13ClN2OS2. The Hall–Kier alpha value is -1.95. The van der Waals surface area contributed by atoms with Gasteiger partial charge in [0.05, 0.1) is 5.02 Å². The number of hydrogen-bond donors (Lipinski definition) is 2. The molecule has 6 heteroatoms. The lowest BCUT2D eigenvalue weighted by Gasteiger charge is -2.09. The zero-order valence-corrected chi connectivity index (χ0v) is 14.4. The maximum Gasteiger partial charge on any atom is 0.269 e. The lowest BCUT2D eigenvalue weighted by molar-refractivity contribution is 0.0981. The second-order valence-electron chi connectivity index (χ2n) is 4.86. The minimum Gasteiger partial charge on any atom is -0.358 e. The molecule has 3 rings (SSSR count). The second-order valence-corrected chi connectivity index (χ2v) is 6.70. The quantitative estimate of drug-likeness (QED) is 0.682. The van der Waals surface area contributed by atoms with Crippen molar-refractivity contribution in [1.29, 1.82) is 0 Å². The highest BCUT2D eigenvalue weighted by molar-refractivity contribution is 7.80. The highest BCUT2D eigenvalue weighted by atomic mass is 35.5. The molecular weight excluding hydrogens is 348 g/mol. The SMILES string of the molecule is O=C(NC(=S)NCc1ccccc1)c1sc2ccccc2c1Cl. The van der Waals surface area contributed by atoms with E-state index in [2.05, 4.69) is 10.6 Å². The number of halogens is 1. The summed E-state index contributed by atoms with van der Waals surface area (Å²) in [7, 11) is 0. The molecule has 0 bridgehead atoms. The Balaban J connectivity index is 1.66. The van der Waals surface area contributed by atoms with Crippen LogP contribution in [0.15, 0.2) is 54.6 Å². The van der Waals surface area contributed by atoms with Gasteiger partial charge in [-0.2, -0.15) is 0 Å². The van der Waals surface area contributed by atoms with E-state index in [0.29, 0.717) is 16.4 Å². The van der Waals surface area contributed by atoms with Crippen LogP contribution in [-0.4, -0.2) is 11.0 Å². The van der Waals surface area contributed by atoms with E-state index in [9.17, 15) is 4.79 Å². The van der Waals surface area contributed by atoms with Gasteiger partial charge in [-0.15, -0.1) is 11.3 Å². The Labute approximate surface area is 148 Å². The van der Waals surface area contributed by atoms with Crippen molar-refractivity contribution in [2.24, 2.45) is 0 Å². The Kier molecular flexibility index (Phi) is 4.91. The molecule has 0 saturated carbocycles. The molecule has 2 aromatic carbocycles. The van der Waals surface area contributed by atoms with Crippen LogP contribution in [0.1, 0.15) is 15.2 Å². The molecule has 1 aromatic heterocycles. The molecule has 0 unspecified atom stereocenters. The Morgan fingerprint density at radius 2 is 1.78 bits per heavy atom.